The van der Waals surface area contributed by atoms with E-state index in [1.807, 2.05) is 0 Å². The fraction of sp³-hybridized carbons (Fsp3) is 0. The highest BCUT2D eigenvalue weighted by Gasteiger charge is 2.15. The maximum Gasteiger partial charge on any atom is 0.259 e. The third-order valence-corrected chi connectivity index (χ3v) is 4.04. The van der Waals surface area contributed by atoms with Crippen LogP contribution in [0.4, 0.5) is 10.1 Å². The molecule has 0 aliphatic carbocycles. The van der Waals surface area contributed by atoms with Crippen molar-refractivity contribution in [2.75, 3.05) is 5.32 Å². The standard InChI is InChI=1S/C12H6Br2ClFN2O/c13-7-2-1-3-9(16)10(7)12(19)18-6-4-8(14)11(15)17-5-6/h1-5H,(H,18,19). The zero-order chi connectivity index (χ0) is 14.0. The Morgan fingerprint density at radius 1 is 1.32 bits per heavy atom. The molecule has 1 aromatic heterocycles. The molecule has 2 aromatic rings. The molecular formula is C12H6Br2ClFN2O. The highest BCUT2D eigenvalue weighted by atomic mass is 79.9. The molecule has 1 N–H and O–H groups in total. The lowest BCUT2D eigenvalue weighted by Crippen LogP contribution is -2.14. The molecule has 19 heavy (non-hydrogen) atoms. The number of carbonyl (C=O) groups is 1. The van der Waals surface area contributed by atoms with Crippen molar-refractivity contribution in [1.29, 1.82) is 0 Å². The molecule has 0 radical (unpaired) electrons. The smallest absolute Gasteiger partial charge is 0.259 e. The summed E-state index contributed by atoms with van der Waals surface area (Å²) in [6.45, 7) is 0. The molecule has 0 spiro atoms. The number of rotatable bonds is 2. The van der Waals surface area contributed by atoms with E-state index in [4.69, 9.17) is 11.6 Å². The van der Waals surface area contributed by atoms with Crippen LogP contribution in [0.3, 0.4) is 0 Å². The van der Waals surface area contributed by atoms with Gasteiger partial charge in [0.25, 0.3) is 5.91 Å². The van der Waals surface area contributed by atoms with Gasteiger partial charge in [-0.05, 0) is 50.1 Å². The van der Waals surface area contributed by atoms with Gasteiger partial charge in [-0.2, -0.15) is 0 Å². The van der Waals surface area contributed by atoms with E-state index in [1.54, 1.807) is 12.1 Å². The number of benzene rings is 1. The van der Waals surface area contributed by atoms with Crippen molar-refractivity contribution >= 4 is 55.1 Å². The fourth-order valence-electron chi connectivity index (χ4n) is 1.40. The Kier molecular flexibility index (Phi) is 4.54. The van der Waals surface area contributed by atoms with Crippen LogP contribution >= 0.6 is 43.5 Å². The molecule has 1 aromatic carbocycles. The number of anilines is 1. The summed E-state index contributed by atoms with van der Waals surface area (Å²) in [5.41, 5.74) is 0.352. The molecule has 0 saturated carbocycles. The van der Waals surface area contributed by atoms with Crippen molar-refractivity contribution in [3.8, 4) is 0 Å². The summed E-state index contributed by atoms with van der Waals surface area (Å²) >= 11 is 12.1. The van der Waals surface area contributed by atoms with Crippen molar-refractivity contribution in [2.45, 2.75) is 0 Å². The van der Waals surface area contributed by atoms with Crippen LogP contribution in [0.25, 0.3) is 0 Å². The van der Waals surface area contributed by atoms with Crippen molar-refractivity contribution in [1.82, 2.24) is 4.98 Å². The van der Waals surface area contributed by atoms with Crippen LogP contribution < -0.4 is 5.32 Å². The van der Waals surface area contributed by atoms with Gasteiger partial charge in [0.15, 0.2) is 0 Å². The average molecular weight is 408 g/mol. The van der Waals surface area contributed by atoms with Crippen LogP contribution in [0.1, 0.15) is 10.4 Å². The van der Waals surface area contributed by atoms with Crippen LogP contribution in [0.5, 0.6) is 0 Å². The number of halogens is 4. The SMILES string of the molecule is O=C(Nc1cnc(Cl)c(Br)c1)c1c(F)cccc1Br. The number of hydrogen-bond donors (Lipinski definition) is 1. The second kappa shape index (κ2) is 5.98. The van der Waals surface area contributed by atoms with Gasteiger partial charge in [0.2, 0.25) is 0 Å². The summed E-state index contributed by atoms with van der Waals surface area (Å²) in [4.78, 5) is 15.9. The van der Waals surface area contributed by atoms with E-state index in [-0.39, 0.29) is 10.7 Å². The van der Waals surface area contributed by atoms with E-state index in [9.17, 15) is 9.18 Å². The van der Waals surface area contributed by atoms with Crippen molar-refractivity contribution in [3.63, 3.8) is 0 Å². The predicted octanol–water partition coefficient (Wildman–Crippen LogP) is 4.65. The normalized spacial score (nSPS) is 10.3. The van der Waals surface area contributed by atoms with Crippen LogP contribution in [-0.2, 0) is 0 Å². The molecule has 0 unspecified atom stereocenters. The average Bonchev–Trinajstić information content (AvgIpc) is 2.33. The molecule has 0 fully saturated rings. The van der Waals surface area contributed by atoms with Crippen molar-refractivity contribution < 1.29 is 9.18 Å². The lowest BCUT2D eigenvalue weighted by Gasteiger charge is -2.08. The summed E-state index contributed by atoms with van der Waals surface area (Å²) in [6.07, 6.45) is 1.39. The number of carbonyl (C=O) groups excluding carboxylic acids is 1. The Morgan fingerprint density at radius 2 is 2.05 bits per heavy atom. The van der Waals surface area contributed by atoms with E-state index in [0.29, 0.717) is 14.6 Å². The first-order valence-electron chi connectivity index (χ1n) is 5.05. The lowest BCUT2D eigenvalue weighted by atomic mass is 10.2. The molecule has 0 atom stereocenters. The van der Waals surface area contributed by atoms with Crippen LogP contribution in [0, 0.1) is 5.82 Å². The van der Waals surface area contributed by atoms with Crippen LogP contribution in [0.2, 0.25) is 5.15 Å². The molecule has 98 valence electrons. The van der Waals surface area contributed by atoms with Crippen LogP contribution in [-0.4, -0.2) is 10.9 Å². The number of hydrogen-bond acceptors (Lipinski definition) is 2. The Hall–Kier alpha value is -0.980. The first-order valence-corrected chi connectivity index (χ1v) is 7.02. The predicted molar refractivity (Wildman–Crippen MR) is 79.0 cm³/mol. The maximum absolute atomic E-state index is 13.6. The Balaban J connectivity index is 2.28. The van der Waals surface area contributed by atoms with Gasteiger partial charge in [-0.15, -0.1) is 0 Å². The lowest BCUT2D eigenvalue weighted by molar-refractivity contribution is 0.102. The molecule has 0 bridgehead atoms. The van der Waals surface area contributed by atoms with Gasteiger partial charge >= 0.3 is 0 Å². The van der Waals surface area contributed by atoms with E-state index >= 15 is 0 Å². The molecule has 1 heterocycles. The third-order valence-electron chi connectivity index (χ3n) is 2.24. The summed E-state index contributed by atoms with van der Waals surface area (Å²) in [5.74, 6) is -1.17. The topological polar surface area (TPSA) is 42.0 Å². The zero-order valence-corrected chi connectivity index (χ0v) is 13.2. The summed E-state index contributed by atoms with van der Waals surface area (Å²) < 4.78 is 14.5. The molecule has 7 heteroatoms. The summed E-state index contributed by atoms with van der Waals surface area (Å²) in [6, 6.07) is 5.91. The second-order valence-electron chi connectivity index (χ2n) is 3.55. The molecule has 1 amide bonds. The van der Waals surface area contributed by atoms with Crippen LogP contribution in [0.15, 0.2) is 39.4 Å². The van der Waals surface area contributed by atoms with E-state index in [2.05, 4.69) is 42.2 Å². The summed E-state index contributed by atoms with van der Waals surface area (Å²) in [7, 11) is 0. The molecule has 0 aliphatic heterocycles. The van der Waals surface area contributed by atoms with Gasteiger partial charge in [0.1, 0.15) is 11.0 Å². The van der Waals surface area contributed by atoms with Gasteiger partial charge in [0, 0.05) is 4.47 Å². The van der Waals surface area contributed by atoms with Gasteiger partial charge < -0.3 is 5.32 Å². The van der Waals surface area contributed by atoms with Gasteiger partial charge in [-0.25, -0.2) is 9.37 Å². The number of pyridine rings is 1. The number of aromatic nitrogens is 1. The minimum absolute atomic E-state index is 0.0615. The van der Waals surface area contributed by atoms with Crippen molar-refractivity contribution in [3.05, 3.63) is 55.9 Å². The molecule has 0 saturated heterocycles. The Labute approximate surface area is 130 Å². The Morgan fingerprint density at radius 3 is 2.68 bits per heavy atom. The number of nitrogens with zero attached hydrogens (tertiary/aromatic N) is 1. The minimum atomic E-state index is -0.604. The van der Waals surface area contributed by atoms with E-state index in [0.717, 1.165) is 0 Å². The fourth-order valence-corrected chi connectivity index (χ4v) is 2.37. The highest BCUT2D eigenvalue weighted by Crippen LogP contribution is 2.25. The molecule has 3 nitrogen and oxygen atoms in total. The minimum Gasteiger partial charge on any atom is -0.320 e. The van der Waals surface area contributed by atoms with E-state index < -0.39 is 11.7 Å². The zero-order valence-electron chi connectivity index (χ0n) is 9.25. The summed E-state index contributed by atoms with van der Waals surface area (Å²) in [5, 5.41) is 2.83. The highest BCUT2D eigenvalue weighted by molar-refractivity contribution is 9.10. The number of nitrogens with one attached hydrogen (secondary N) is 1. The van der Waals surface area contributed by atoms with Gasteiger partial charge in [0.05, 0.1) is 21.9 Å². The first-order chi connectivity index (χ1) is 8.99. The molecule has 2 rings (SSSR count). The third kappa shape index (κ3) is 3.32. The van der Waals surface area contributed by atoms with Crippen molar-refractivity contribution in [2.24, 2.45) is 0 Å². The maximum atomic E-state index is 13.6. The van der Waals surface area contributed by atoms with E-state index in [1.165, 1.54) is 18.3 Å². The molecule has 0 aliphatic rings. The van der Waals surface area contributed by atoms with Gasteiger partial charge in [-0.1, -0.05) is 17.7 Å². The van der Waals surface area contributed by atoms with Gasteiger partial charge in [-0.3, -0.25) is 4.79 Å². The monoisotopic (exact) mass is 406 g/mol. The largest absolute Gasteiger partial charge is 0.320 e. The Bertz CT molecular complexity index is 631. The second-order valence-corrected chi connectivity index (χ2v) is 5.61. The quantitative estimate of drug-likeness (QED) is 0.735. The molecular weight excluding hydrogens is 402 g/mol. The first kappa shape index (κ1) is 14.4. The number of amides is 1.